The Morgan fingerprint density at radius 2 is 2.07 bits per heavy atom. The maximum Gasteiger partial charge on any atom is 0.317 e. The van der Waals surface area contributed by atoms with E-state index in [-0.39, 0.29) is 30.1 Å². The molecule has 1 aliphatic heterocycles. The van der Waals surface area contributed by atoms with Crippen LogP contribution in [0, 0.1) is 0 Å². The van der Waals surface area contributed by atoms with Crippen LogP contribution in [0.1, 0.15) is 12.5 Å². The smallest absolute Gasteiger partial charge is 0.317 e. The van der Waals surface area contributed by atoms with Crippen molar-refractivity contribution < 1.29 is 17.9 Å². The predicted octanol–water partition coefficient (Wildman–Crippen LogP) is 1.35. The third-order valence-electron chi connectivity index (χ3n) is 4.06. The van der Waals surface area contributed by atoms with E-state index in [0.29, 0.717) is 13.1 Å². The number of pyridine rings is 1. The molecule has 27 heavy (non-hydrogen) atoms. The molecule has 1 aliphatic rings. The summed E-state index contributed by atoms with van der Waals surface area (Å²) in [5.41, 5.74) is 0.939. The quantitative estimate of drug-likeness (QED) is 0.751. The molecule has 0 spiro atoms. The van der Waals surface area contributed by atoms with Crippen molar-refractivity contribution in [1.29, 1.82) is 0 Å². The second kappa shape index (κ2) is 8.36. The number of amides is 2. The van der Waals surface area contributed by atoms with Crippen molar-refractivity contribution in [2.24, 2.45) is 0 Å². The van der Waals surface area contributed by atoms with Gasteiger partial charge in [0.25, 0.3) is 0 Å². The summed E-state index contributed by atoms with van der Waals surface area (Å²) in [6.45, 7) is 3.05. The molecule has 0 fully saturated rings. The molecule has 2 heterocycles. The highest BCUT2D eigenvalue weighted by Crippen LogP contribution is 2.24. The van der Waals surface area contributed by atoms with Crippen LogP contribution in [0.2, 0.25) is 0 Å². The Labute approximate surface area is 158 Å². The van der Waals surface area contributed by atoms with Crippen LogP contribution in [0.3, 0.4) is 0 Å². The van der Waals surface area contributed by atoms with Gasteiger partial charge >= 0.3 is 6.03 Å². The third kappa shape index (κ3) is 4.95. The summed E-state index contributed by atoms with van der Waals surface area (Å²) in [6.07, 6.45) is 2.64. The molecule has 1 atom stereocenters. The lowest BCUT2D eigenvalue weighted by Crippen LogP contribution is -2.44. The minimum atomic E-state index is -3.64. The normalized spacial score (nSPS) is 16.8. The van der Waals surface area contributed by atoms with Gasteiger partial charge in [0.2, 0.25) is 10.0 Å². The molecule has 0 aliphatic carbocycles. The number of carbonyl (C=O) groups excluding carboxylic acids is 1. The van der Waals surface area contributed by atoms with Crippen molar-refractivity contribution in [3.63, 3.8) is 0 Å². The van der Waals surface area contributed by atoms with Gasteiger partial charge in [-0.05, 0) is 25.1 Å². The number of benzene rings is 1. The number of aromatic nitrogens is 1. The highest BCUT2D eigenvalue weighted by atomic mass is 32.2. The van der Waals surface area contributed by atoms with Crippen LogP contribution in [0.15, 0.2) is 53.7 Å². The van der Waals surface area contributed by atoms with Crippen LogP contribution in [-0.4, -0.2) is 50.1 Å². The van der Waals surface area contributed by atoms with Gasteiger partial charge in [-0.2, -0.15) is 0 Å². The first-order valence-electron chi connectivity index (χ1n) is 8.63. The largest absolute Gasteiger partial charge is 0.489 e. The standard InChI is InChI=1S/C18H22N4O4S/c1-14-12-22(13-15-5-2-3-7-17(15)26-14)18(23)20-9-10-21-27(24,25)16-6-4-8-19-11-16/h2-8,11,14,21H,9-10,12-13H2,1H3,(H,20,23)/t14-/m0/s1. The molecule has 2 aromatic rings. The second-order valence-electron chi connectivity index (χ2n) is 6.24. The molecule has 0 bridgehead atoms. The number of carbonyl (C=O) groups is 1. The molecule has 3 rings (SSSR count). The fourth-order valence-corrected chi connectivity index (χ4v) is 3.79. The van der Waals surface area contributed by atoms with Crippen LogP contribution in [0.25, 0.3) is 0 Å². The first-order chi connectivity index (χ1) is 13.0. The maximum atomic E-state index is 12.5. The first-order valence-corrected chi connectivity index (χ1v) is 10.1. The van der Waals surface area contributed by atoms with Gasteiger partial charge in [0.05, 0.1) is 13.1 Å². The zero-order valence-electron chi connectivity index (χ0n) is 15.0. The lowest BCUT2D eigenvalue weighted by molar-refractivity contribution is 0.158. The Morgan fingerprint density at radius 1 is 1.26 bits per heavy atom. The molecule has 144 valence electrons. The van der Waals surface area contributed by atoms with Crippen LogP contribution in [-0.2, 0) is 16.6 Å². The molecular weight excluding hydrogens is 368 g/mol. The Morgan fingerprint density at radius 3 is 2.85 bits per heavy atom. The van der Waals surface area contributed by atoms with Crippen molar-refractivity contribution in [2.75, 3.05) is 19.6 Å². The molecule has 1 aromatic heterocycles. The van der Waals surface area contributed by atoms with Gasteiger partial charge in [0.1, 0.15) is 16.7 Å². The minimum Gasteiger partial charge on any atom is -0.489 e. The van der Waals surface area contributed by atoms with E-state index in [1.807, 2.05) is 31.2 Å². The number of rotatable bonds is 5. The fraction of sp³-hybridized carbons (Fsp3) is 0.333. The number of urea groups is 1. The van der Waals surface area contributed by atoms with Gasteiger partial charge in [-0.15, -0.1) is 0 Å². The summed E-state index contributed by atoms with van der Waals surface area (Å²) >= 11 is 0. The van der Waals surface area contributed by atoms with Gasteiger partial charge in [0.15, 0.2) is 0 Å². The number of nitrogens with zero attached hydrogens (tertiary/aromatic N) is 2. The molecule has 0 saturated heterocycles. The molecule has 9 heteroatoms. The Kier molecular flexibility index (Phi) is 5.92. The van der Waals surface area contributed by atoms with E-state index in [2.05, 4.69) is 15.0 Å². The number of hydrogen-bond acceptors (Lipinski definition) is 5. The highest BCUT2D eigenvalue weighted by Gasteiger charge is 2.23. The van der Waals surface area contributed by atoms with E-state index in [0.717, 1.165) is 11.3 Å². The zero-order valence-corrected chi connectivity index (χ0v) is 15.8. The summed E-state index contributed by atoms with van der Waals surface area (Å²) in [7, 11) is -3.64. The Bertz CT molecular complexity index is 889. The molecule has 1 aromatic carbocycles. The predicted molar refractivity (Wildman–Crippen MR) is 99.8 cm³/mol. The number of fused-ring (bicyclic) bond motifs is 1. The molecule has 0 saturated carbocycles. The van der Waals surface area contributed by atoms with Crippen molar-refractivity contribution >= 4 is 16.1 Å². The Hall–Kier alpha value is -2.65. The summed E-state index contributed by atoms with van der Waals surface area (Å²) in [6, 6.07) is 10.4. The number of para-hydroxylation sites is 1. The number of hydrogen-bond donors (Lipinski definition) is 2. The summed E-state index contributed by atoms with van der Waals surface area (Å²) < 4.78 is 32.5. The van der Waals surface area contributed by atoms with Gasteiger partial charge in [0, 0.05) is 31.0 Å². The van der Waals surface area contributed by atoms with Gasteiger partial charge in [-0.1, -0.05) is 18.2 Å². The van der Waals surface area contributed by atoms with Crippen LogP contribution in [0.4, 0.5) is 4.79 Å². The van der Waals surface area contributed by atoms with Crippen LogP contribution in [0.5, 0.6) is 5.75 Å². The maximum absolute atomic E-state index is 12.5. The van der Waals surface area contributed by atoms with E-state index in [4.69, 9.17) is 4.74 Å². The zero-order chi connectivity index (χ0) is 19.3. The number of nitrogens with one attached hydrogen (secondary N) is 2. The number of sulfonamides is 1. The molecule has 2 amide bonds. The average molecular weight is 390 g/mol. The summed E-state index contributed by atoms with van der Waals surface area (Å²) in [5, 5.41) is 2.74. The van der Waals surface area contributed by atoms with E-state index >= 15 is 0 Å². The van der Waals surface area contributed by atoms with Gasteiger partial charge < -0.3 is 15.0 Å². The van der Waals surface area contributed by atoms with E-state index in [1.54, 1.807) is 11.0 Å². The average Bonchev–Trinajstić information content (AvgIpc) is 2.83. The monoisotopic (exact) mass is 390 g/mol. The molecule has 2 N–H and O–H groups in total. The third-order valence-corrected chi connectivity index (χ3v) is 5.51. The van der Waals surface area contributed by atoms with Crippen molar-refractivity contribution in [1.82, 2.24) is 19.9 Å². The SMILES string of the molecule is C[C@H]1CN(C(=O)NCCNS(=O)(=O)c2cccnc2)Cc2ccccc2O1. The van der Waals surface area contributed by atoms with E-state index in [9.17, 15) is 13.2 Å². The minimum absolute atomic E-state index is 0.0828. The van der Waals surface area contributed by atoms with Crippen LogP contribution < -0.4 is 14.8 Å². The highest BCUT2D eigenvalue weighted by molar-refractivity contribution is 7.89. The van der Waals surface area contributed by atoms with Gasteiger partial charge in [-0.3, -0.25) is 4.98 Å². The van der Waals surface area contributed by atoms with Gasteiger partial charge in [-0.25, -0.2) is 17.9 Å². The fourth-order valence-electron chi connectivity index (χ4n) is 2.79. The molecule has 0 unspecified atom stereocenters. The number of ether oxygens (including phenoxy) is 1. The lowest BCUT2D eigenvalue weighted by atomic mass is 10.2. The summed E-state index contributed by atoms with van der Waals surface area (Å²) in [4.78, 5) is 18.0. The van der Waals surface area contributed by atoms with E-state index < -0.39 is 10.0 Å². The molecule has 0 radical (unpaired) electrons. The second-order valence-corrected chi connectivity index (χ2v) is 8.00. The van der Waals surface area contributed by atoms with Crippen molar-refractivity contribution in [2.45, 2.75) is 24.5 Å². The first kappa shape index (κ1) is 19.1. The Balaban J connectivity index is 1.52. The molecular formula is C18H22N4O4S. The van der Waals surface area contributed by atoms with Crippen LogP contribution >= 0.6 is 0 Å². The summed E-state index contributed by atoms with van der Waals surface area (Å²) in [5.74, 6) is 0.782. The molecule has 8 nitrogen and oxygen atoms in total. The van der Waals surface area contributed by atoms with Crippen molar-refractivity contribution in [3.8, 4) is 5.75 Å². The topological polar surface area (TPSA) is 101 Å². The lowest BCUT2D eigenvalue weighted by Gasteiger charge is -2.22. The van der Waals surface area contributed by atoms with Crippen molar-refractivity contribution in [3.05, 3.63) is 54.4 Å². The van der Waals surface area contributed by atoms with E-state index in [1.165, 1.54) is 18.5 Å².